The number of hydrogen-bond acceptors (Lipinski definition) is 2. The van der Waals surface area contributed by atoms with Gasteiger partial charge in [-0.1, -0.05) is 26.2 Å². The molecule has 1 aliphatic carbocycles. The number of aromatic nitrogens is 1. The van der Waals surface area contributed by atoms with Gasteiger partial charge in [-0.25, -0.2) is 0 Å². The van der Waals surface area contributed by atoms with E-state index in [1.54, 1.807) is 6.20 Å². The van der Waals surface area contributed by atoms with E-state index in [9.17, 15) is 4.79 Å². The van der Waals surface area contributed by atoms with Gasteiger partial charge in [0.1, 0.15) is 0 Å². The smallest absolute Gasteiger partial charge is 0.170 e. The molecule has 1 aromatic rings. The van der Waals surface area contributed by atoms with Crippen LogP contribution in [0, 0.1) is 12.3 Å². The second kappa shape index (κ2) is 4.36. The molecular formula is C14H19NO. The van der Waals surface area contributed by atoms with Gasteiger partial charge in [0.05, 0.1) is 0 Å². The Morgan fingerprint density at radius 2 is 1.94 bits per heavy atom. The largest absolute Gasteiger partial charge is 0.294 e. The van der Waals surface area contributed by atoms with E-state index < -0.39 is 0 Å². The van der Waals surface area contributed by atoms with Crippen LogP contribution in [-0.4, -0.2) is 10.8 Å². The van der Waals surface area contributed by atoms with Crippen LogP contribution in [0.1, 0.15) is 55.1 Å². The summed E-state index contributed by atoms with van der Waals surface area (Å²) in [6, 6.07) is 3.82. The van der Waals surface area contributed by atoms with Crippen LogP contribution >= 0.6 is 0 Å². The number of Topliss-reactive ketones (excluding diaryl/α,β-unsaturated/α-hetero) is 1. The Morgan fingerprint density at radius 1 is 1.25 bits per heavy atom. The molecule has 1 aliphatic rings. The number of nitrogens with zero attached hydrogens (tertiary/aromatic N) is 1. The van der Waals surface area contributed by atoms with Crippen LogP contribution in [-0.2, 0) is 0 Å². The highest BCUT2D eigenvalue weighted by Crippen LogP contribution is 2.38. The monoisotopic (exact) mass is 217 g/mol. The van der Waals surface area contributed by atoms with Crippen molar-refractivity contribution in [3.05, 3.63) is 29.6 Å². The fraction of sp³-hybridized carbons (Fsp3) is 0.571. The van der Waals surface area contributed by atoms with Gasteiger partial charge in [0.15, 0.2) is 5.78 Å². The lowest BCUT2D eigenvalue weighted by Gasteiger charge is -2.31. The highest BCUT2D eigenvalue weighted by molar-refractivity contribution is 6.00. The van der Waals surface area contributed by atoms with Gasteiger partial charge in [0.25, 0.3) is 0 Å². The summed E-state index contributed by atoms with van der Waals surface area (Å²) in [4.78, 5) is 16.6. The minimum Gasteiger partial charge on any atom is -0.294 e. The maximum Gasteiger partial charge on any atom is 0.170 e. The fourth-order valence-electron chi connectivity index (χ4n) is 2.51. The highest BCUT2D eigenvalue weighted by Gasteiger charge is 2.34. The molecule has 0 N–H and O–H groups in total. The van der Waals surface area contributed by atoms with Crippen molar-refractivity contribution in [1.82, 2.24) is 4.98 Å². The third-order valence-electron chi connectivity index (χ3n) is 3.68. The van der Waals surface area contributed by atoms with Gasteiger partial charge in [0.2, 0.25) is 0 Å². The van der Waals surface area contributed by atoms with Crippen molar-refractivity contribution in [1.29, 1.82) is 0 Å². The second-order valence-corrected chi connectivity index (χ2v) is 5.14. The summed E-state index contributed by atoms with van der Waals surface area (Å²) >= 11 is 0. The molecule has 0 atom stereocenters. The Morgan fingerprint density at radius 3 is 2.50 bits per heavy atom. The second-order valence-electron chi connectivity index (χ2n) is 5.14. The molecule has 0 aliphatic heterocycles. The minimum absolute atomic E-state index is 0.144. The Bertz CT molecular complexity index is 374. The third-order valence-corrected chi connectivity index (χ3v) is 3.68. The lowest BCUT2D eigenvalue weighted by atomic mass is 9.71. The maximum absolute atomic E-state index is 12.4. The predicted octanol–water partition coefficient (Wildman–Crippen LogP) is 3.54. The van der Waals surface area contributed by atoms with Crippen molar-refractivity contribution >= 4 is 5.78 Å². The Balaban J connectivity index is 2.20. The van der Waals surface area contributed by atoms with E-state index in [1.807, 2.05) is 19.1 Å². The summed E-state index contributed by atoms with van der Waals surface area (Å²) in [5.74, 6) is 0.278. The first-order valence-corrected chi connectivity index (χ1v) is 6.09. The SMILES string of the molecule is Cc1ccc(C(=O)C2(C)CCCCC2)cn1. The summed E-state index contributed by atoms with van der Waals surface area (Å²) < 4.78 is 0. The minimum atomic E-state index is -0.144. The van der Waals surface area contributed by atoms with Crippen molar-refractivity contribution in [2.45, 2.75) is 46.0 Å². The van der Waals surface area contributed by atoms with Crippen LogP contribution in [0.3, 0.4) is 0 Å². The molecule has 0 bridgehead atoms. The van der Waals surface area contributed by atoms with Crippen molar-refractivity contribution in [2.75, 3.05) is 0 Å². The molecule has 2 heteroatoms. The van der Waals surface area contributed by atoms with Crippen LogP contribution in [0.2, 0.25) is 0 Å². The van der Waals surface area contributed by atoms with E-state index in [0.29, 0.717) is 0 Å². The van der Waals surface area contributed by atoms with E-state index >= 15 is 0 Å². The average molecular weight is 217 g/mol. The zero-order valence-corrected chi connectivity index (χ0v) is 10.1. The molecule has 16 heavy (non-hydrogen) atoms. The molecule has 0 radical (unpaired) electrons. The summed E-state index contributed by atoms with van der Waals surface area (Å²) in [5, 5.41) is 0. The zero-order chi connectivity index (χ0) is 11.6. The summed E-state index contributed by atoms with van der Waals surface area (Å²) in [6.45, 7) is 4.05. The number of ketones is 1. The standard InChI is InChI=1S/C14H19NO/c1-11-6-7-12(10-15-11)13(16)14(2)8-4-3-5-9-14/h6-7,10H,3-5,8-9H2,1-2H3. The molecule has 2 rings (SSSR count). The van der Waals surface area contributed by atoms with Crippen LogP contribution in [0.5, 0.6) is 0 Å². The van der Waals surface area contributed by atoms with Gasteiger partial charge in [-0.15, -0.1) is 0 Å². The van der Waals surface area contributed by atoms with Gasteiger partial charge in [0, 0.05) is 22.9 Å². The first-order chi connectivity index (χ1) is 7.62. The number of pyridine rings is 1. The van der Waals surface area contributed by atoms with Gasteiger partial charge < -0.3 is 0 Å². The van der Waals surface area contributed by atoms with Gasteiger partial charge >= 0.3 is 0 Å². The Hall–Kier alpha value is -1.18. The summed E-state index contributed by atoms with van der Waals surface area (Å²) in [7, 11) is 0. The molecule has 0 spiro atoms. The van der Waals surface area contributed by atoms with Crippen molar-refractivity contribution in [2.24, 2.45) is 5.41 Å². The lowest BCUT2D eigenvalue weighted by Crippen LogP contribution is -2.30. The van der Waals surface area contributed by atoms with E-state index in [1.165, 1.54) is 19.3 Å². The van der Waals surface area contributed by atoms with Crippen LogP contribution < -0.4 is 0 Å². The number of carbonyl (C=O) groups excluding carboxylic acids is 1. The Labute approximate surface area is 97.1 Å². The molecule has 2 nitrogen and oxygen atoms in total. The molecule has 0 amide bonds. The van der Waals surface area contributed by atoms with E-state index in [0.717, 1.165) is 24.1 Å². The topological polar surface area (TPSA) is 30.0 Å². The Kier molecular flexibility index (Phi) is 3.08. The van der Waals surface area contributed by atoms with Crippen molar-refractivity contribution in [3.63, 3.8) is 0 Å². The van der Waals surface area contributed by atoms with Crippen LogP contribution in [0.15, 0.2) is 18.3 Å². The number of rotatable bonds is 2. The van der Waals surface area contributed by atoms with Crippen LogP contribution in [0.25, 0.3) is 0 Å². The lowest BCUT2D eigenvalue weighted by molar-refractivity contribution is 0.0749. The van der Waals surface area contributed by atoms with Gasteiger partial charge in [-0.05, 0) is 31.9 Å². The number of hydrogen-bond donors (Lipinski definition) is 0. The molecule has 1 fully saturated rings. The van der Waals surface area contributed by atoms with Gasteiger partial charge in [-0.3, -0.25) is 9.78 Å². The highest BCUT2D eigenvalue weighted by atomic mass is 16.1. The number of carbonyl (C=O) groups is 1. The first-order valence-electron chi connectivity index (χ1n) is 6.09. The van der Waals surface area contributed by atoms with Gasteiger partial charge in [-0.2, -0.15) is 0 Å². The normalized spacial score (nSPS) is 19.4. The van der Waals surface area contributed by atoms with E-state index in [4.69, 9.17) is 0 Å². The molecular weight excluding hydrogens is 198 g/mol. The summed E-state index contributed by atoms with van der Waals surface area (Å²) in [6.07, 6.45) is 7.41. The molecule has 0 saturated heterocycles. The predicted molar refractivity (Wildman–Crippen MR) is 64.5 cm³/mol. The molecule has 0 aromatic carbocycles. The van der Waals surface area contributed by atoms with E-state index in [-0.39, 0.29) is 11.2 Å². The van der Waals surface area contributed by atoms with Crippen molar-refractivity contribution < 1.29 is 4.79 Å². The quantitative estimate of drug-likeness (QED) is 0.709. The van der Waals surface area contributed by atoms with Crippen molar-refractivity contribution in [3.8, 4) is 0 Å². The third kappa shape index (κ3) is 2.16. The van der Waals surface area contributed by atoms with Crippen LogP contribution in [0.4, 0.5) is 0 Å². The van der Waals surface area contributed by atoms with E-state index in [2.05, 4.69) is 11.9 Å². The molecule has 86 valence electrons. The first kappa shape index (κ1) is 11.3. The molecule has 0 unspecified atom stereocenters. The molecule has 1 heterocycles. The molecule has 1 aromatic heterocycles. The maximum atomic E-state index is 12.4. The summed E-state index contributed by atoms with van der Waals surface area (Å²) in [5.41, 5.74) is 1.59. The zero-order valence-electron chi connectivity index (χ0n) is 10.1. The fourth-order valence-corrected chi connectivity index (χ4v) is 2.51. The molecule has 1 saturated carbocycles. The average Bonchev–Trinajstić information content (AvgIpc) is 2.30. The number of aryl methyl sites for hydroxylation is 1.